The zero-order chi connectivity index (χ0) is 16.3. The Morgan fingerprint density at radius 3 is 2.59 bits per heavy atom. The minimum Gasteiger partial charge on any atom is -0.466 e. The van der Waals surface area contributed by atoms with E-state index in [0.717, 1.165) is 8.04 Å². The van der Waals surface area contributed by atoms with Crippen molar-refractivity contribution < 1.29 is 23.8 Å². The molecule has 118 valence electrons. The van der Waals surface area contributed by atoms with Crippen LogP contribution in [0.4, 0.5) is 5.69 Å². The Morgan fingerprint density at radius 2 is 1.95 bits per heavy atom. The van der Waals surface area contributed by atoms with E-state index in [0.29, 0.717) is 5.69 Å². The summed E-state index contributed by atoms with van der Waals surface area (Å²) in [5.41, 5.74) is 0.961. The van der Waals surface area contributed by atoms with Gasteiger partial charge >= 0.3 is 11.9 Å². The van der Waals surface area contributed by atoms with Crippen LogP contribution >= 0.6 is 38.5 Å². The zero-order valence-electron chi connectivity index (χ0n) is 11.9. The number of rotatable bonds is 3. The van der Waals surface area contributed by atoms with Gasteiger partial charge < -0.3 is 19.1 Å². The second-order valence-electron chi connectivity index (χ2n) is 4.29. The molecule has 2 rings (SSSR count). The van der Waals surface area contributed by atoms with Gasteiger partial charge in [-0.2, -0.15) is 0 Å². The maximum Gasteiger partial charge on any atom is 0.355 e. The summed E-state index contributed by atoms with van der Waals surface area (Å²) in [6.07, 6.45) is 0. The largest absolute Gasteiger partial charge is 0.466 e. The van der Waals surface area contributed by atoms with Crippen LogP contribution in [0.5, 0.6) is 0 Å². The van der Waals surface area contributed by atoms with Gasteiger partial charge in [0.25, 0.3) is 0 Å². The molecule has 0 saturated carbocycles. The molecule has 0 amide bonds. The fourth-order valence-electron chi connectivity index (χ4n) is 2.03. The highest BCUT2D eigenvalue weighted by Gasteiger charge is 2.33. The first-order chi connectivity index (χ1) is 10.5. The molecule has 0 fully saturated rings. The van der Waals surface area contributed by atoms with Crippen molar-refractivity contribution in [1.82, 2.24) is 0 Å². The number of esters is 2. The van der Waals surface area contributed by atoms with E-state index in [1.165, 1.54) is 14.2 Å². The molecule has 1 aromatic rings. The number of hydrogen-bond acceptors (Lipinski definition) is 6. The van der Waals surface area contributed by atoms with Crippen molar-refractivity contribution in [2.24, 2.45) is 0 Å². The highest BCUT2D eigenvalue weighted by Crippen LogP contribution is 2.35. The van der Waals surface area contributed by atoms with Crippen molar-refractivity contribution in [3.8, 4) is 0 Å². The molecular weight excluding hydrogens is 469 g/mol. The summed E-state index contributed by atoms with van der Waals surface area (Å²) < 4.78 is 16.7. The van der Waals surface area contributed by atoms with E-state index in [4.69, 9.17) is 14.2 Å². The second-order valence-corrected chi connectivity index (χ2v) is 6.24. The van der Waals surface area contributed by atoms with Crippen LogP contribution in [0.15, 0.2) is 33.9 Å². The van der Waals surface area contributed by atoms with Gasteiger partial charge in [0.15, 0.2) is 0 Å². The Labute approximate surface area is 149 Å². The first kappa shape index (κ1) is 17.2. The van der Waals surface area contributed by atoms with Crippen molar-refractivity contribution >= 4 is 56.1 Å². The molecule has 1 aliphatic rings. The van der Waals surface area contributed by atoms with Gasteiger partial charge in [0.05, 0.1) is 36.6 Å². The minimum absolute atomic E-state index is 0.00481. The number of carbonyl (C=O) groups excluding carboxylic acids is 2. The van der Waals surface area contributed by atoms with Crippen LogP contribution in [0.1, 0.15) is 0 Å². The molecule has 0 atom stereocenters. The summed E-state index contributed by atoms with van der Waals surface area (Å²) in [6, 6.07) is 5.59. The molecule has 0 N–H and O–H groups in total. The molecule has 8 heteroatoms. The molecule has 0 bridgehead atoms. The molecule has 0 unspecified atom stereocenters. The third-order valence-electron chi connectivity index (χ3n) is 3.06. The fourth-order valence-corrected chi connectivity index (χ4v) is 3.00. The predicted molar refractivity (Wildman–Crippen MR) is 91.2 cm³/mol. The quantitative estimate of drug-likeness (QED) is 0.488. The van der Waals surface area contributed by atoms with Crippen LogP contribution in [-0.2, 0) is 23.8 Å². The van der Waals surface area contributed by atoms with Crippen LogP contribution < -0.4 is 4.90 Å². The summed E-state index contributed by atoms with van der Waals surface area (Å²) in [5.74, 6) is -1.23. The number of ether oxygens (including phenoxy) is 3. The van der Waals surface area contributed by atoms with Crippen molar-refractivity contribution in [1.29, 1.82) is 0 Å². The molecule has 6 nitrogen and oxygen atoms in total. The van der Waals surface area contributed by atoms with Gasteiger partial charge in [0.1, 0.15) is 12.4 Å². The summed E-state index contributed by atoms with van der Waals surface area (Å²) in [5, 5.41) is 0. The normalized spacial score (nSPS) is 14.8. The molecule has 1 heterocycles. The fraction of sp³-hybridized carbons (Fsp3) is 0.286. The second kappa shape index (κ2) is 7.42. The Balaban J connectivity index is 2.60. The minimum atomic E-state index is -0.619. The molecule has 0 spiro atoms. The lowest BCUT2D eigenvalue weighted by Crippen LogP contribution is -2.39. The number of hydrogen-bond donors (Lipinski definition) is 0. The molecule has 0 aromatic heterocycles. The first-order valence-electron chi connectivity index (χ1n) is 6.20. The van der Waals surface area contributed by atoms with Gasteiger partial charge in [-0.3, -0.25) is 0 Å². The number of anilines is 1. The predicted octanol–water partition coefficient (Wildman–Crippen LogP) is 2.45. The summed E-state index contributed by atoms with van der Waals surface area (Å²) in [7, 11) is 2.52. The van der Waals surface area contributed by atoms with Gasteiger partial charge in [-0.1, -0.05) is 6.07 Å². The van der Waals surface area contributed by atoms with Gasteiger partial charge in [-0.15, -0.1) is 0 Å². The third kappa shape index (κ3) is 3.28. The van der Waals surface area contributed by atoms with Crippen molar-refractivity contribution in [2.45, 2.75) is 0 Å². The van der Waals surface area contributed by atoms with Crippen molar-refractivity contribution in [2.75, 3.05) is 32.5 Å². The van der Waals surface area contributed by atoms with E-state index >= 15 is 0 Å². The van der Waals surface area contributed by atoms with Crippen molar-refractivity contribution in [3.05, 3.63) is 37.5 Å². The Morgan fingerprint density at radius 1 is 1.27 bits per heavy atom. The van der Waals surface area contributed by atoms with Crippen molar-refractivity contribution in [3.63, 3.8) is 0 Å². The molecule has 0 aliphatic carbocycles. The lowest BCUT2D eigenvalue weighted by atomic mass is 10.1. The lowest BCUT2D eigenvalue weighted by Gasteiger charge is -2.32. The van der Waals surface area contributed by atoms with Crippen LogP contribution in [0.3, 0.4) is 0 Å². The van der Waals surface area contributed by atoms with Crippen LogP contribution in [0.25, 0.3) is 0 Å². The third-order valence-corrected chi connectivity index (χ3v) is 5.53. The molecule has 1 aliphatic heterocycles. The molecule has 0 radical (unpaired) electrons. The van der Waals surface area contributed by atoms with E-state index in [2.05, 4.69) is 38.5 Å². The van der Waals surface area contributed by atoms with Gasteiger partial charge in [0, 0.05) is 3.57 Å². The average molecular weight is 482 g/mol. The van der Waals surface area contributed by atoms with E-state index in [9.17, 15) is 9.59 Å². The van der Waals surface area contributed by atoms with E-state index in [-0.39, 0.29) is 24.6 Å². The number of nitrogens with zero attached hydrogens (tertiary/aromatic N) is 1. The number of carbonyl (C=O) groups is 2. The molecule has 1 aromatic carbocycles. The summed E-state index contributed by atoms with van der Waals surface area (Å²) >= 11 is 5.66. The smallest absolute Gasteiger partial charge is 0.355 e. The zero-order valence-corrected chi connectivity index (χ0v) is 15.6. The Kier molecular flexibility index (Phi) is 5.81. The number of benzene rings is 1. The average Bonchev–Trinajstić information content (AvgIpc) is 2.55. The van der Waals surface area contributed by atoms with E-state index in [1.54, 1.807) is 4.90 Å². The maximum atomic E-state index is 12.2. The lowest BCUT2D eigenvalue weighted by molar-refractivity contribution is -0.140. The van der Waals surface area contributed by atoms with Crippen LogP contribution in [-0.4, -0.2) is 39.5 Å². The standard InChI is InChI=1S/C14H13BrINO5/c1-20-13(18)8-6-22-7-17(12(8)14(19)21-2)10-5-3-4-9(16)11(10)15/h3-5H,6-7H2,1-2H3. The Bertz CT molecular complexity index is 646. The van der Waals surface area contributed by atoms with E-state index in [1.807, 2.05) is 18.2 Å². The SMILES string of the molecule is COC(=O)C1=C(C(=O)OC)N(c2cccc(I)c2Br)COC1. The molecule has 0 saturated heterocycles. The molecule has 22 heavy (non-hydrogen) atoms. The molecular formula is C14H13BrINO5. The number of halogens is 2. The highest BCUT2D eigenvalue weighted by molar-refractivity contribution is 14.1. The summed E-state index contributed by atoms with van der Waals surface area (Å²) in [4.78, 5) is 25.7. The van der Waals surface area contributed by atoms with E-state index < -0.39 is 11.9 Å². The van der Waals surface area contributed by atoms with Gasteiger partial charge in [-0.25, -0.2) is 9.59 Å². The topological polar surface area (TPSA) is 65.1 Å². The van der Waals surface area contributed by atoms with Crippen LogP contribution in [0, 0.1) is 3.57 Å². The van der Waals surface area contributed by atoms with Gasteiger partial charge in [0.2, 0.25) is 0 Å². The van der Waals surface area contributed by atoms with Crippen LogP contribution in [0.2, 0.25) is 0 Å². The monoisotopic (exact) mass is 481 g/mol. The summed E-state index contributed by atoms with van der Waals surface area (Å²) in [6.45, 7) is 0.124. The highest BCUT2D eigenvalue weighted by atomic mass is 127. The number of methoxy groups -OCH3 is 2. The first-order valence-corrected chi connectivity index (χ1v) is 8.07. The Hall–Kier alpha value is -1.13. The maximum absolute atomic E-state index is 12.2. The van der Waals surface area contributed by atoms with Gasteiger partial charge in [-0.05, 0) is 50.7 Å².